The molecular weight excluding hydrogens is 454 g/mol. The molecule has 8 nitrogen and oxygen atoms in total. The smallest absolute Gasteiger partial charge is 0.255 e. The van der Waals surface area contributed by atoms with E-state index in [0.717, 1.165) is 43.3 Å². The number of piperazine rings is 1. The Labute approximate surface area is 207 Å². The van der Waals surface area contributed by atoms with Crippen LogP contribution >= 0.6 is 12.4 Å². The van der Waals surface area contributed by atoms with Gasteiger partial charge in [0.25, 0.3) is 5.91 Å². The van der Waals surface area contributed by atoms with E-state index in [-0.39, 0.29) is 36.5 Å². The molecule has 2 N–H and O–H groups in total. The Morgan fingerprint density at radius 1 is 1.00 bits per heavy atom. The Morgan fingerprint density at radius 3 is 2.38 bits per heavy atom. The van der Waals surface area contributed by atoms with Crippen molar-refractivity contribution < 1.29 is 14.4 Å². The third-order valence-corrected chi connectivity index (χ3v) is 7.90. The summed E-state index contributed by atoms with van der Waals surface area (Å²) in [6, 6.07) is 6.46. The first-order chi connectivity index (χ1) is 15.9. The Hall–Kier alpha value is -2.16. The lowest BCUT2D eigenvalue weighted by atomic mass is 9.95. The van der Waals surface area contributed by atoms with Gasteiger partial charge in [-0.25, -0.2) is 0 Å². The van der Waals surface area contributed by atoms with E-state index in [1.54, 1.807) is 4.90 Å². The summed E-state index contributed by atoms with van der Waals surface area (Å²) in [5, 5.41) is 5.84. The van der Waals surface area contributed by atoms with Crippen molar-refractivity contribution in [2.75, 3.05) is 37.6 Å². The summed E-state index contributed by atoms with van der Waals surface area (Å²) in [7, 11) is 0. The fourth-order valence-corrected chi connectivity index (χ4v) is 6.05. The Kier molecular flexibility index (Phi) is 7.50. The number of hydrogen-bond acceptors (Lipinski definition) is 6. The second-order valence-electron chi connectivity index (χ2n) is 10.2. The van der Waals surface area contributed by atoms with E-state index in [4.69, 9.17) is 0 Å². The van der Waals surface area contributed by atoms with Crippen LogP contribution in [0, 0.1) is 5.92 Å². The van der Waals surface area contributed by atoms with Crippen LogP contribution in [0.4, 0.5) is 5.69 Å². The van der Waals surface area contributed by atoms with Crippen LogP contribution in [0.25, 0.3) is 0 Å². The maximum absolute atomic E-state index is 13.0. The first kappa shape index (κ1) is 24.9. The average Bonchev–Trinajstić information content (AvgIpc) is 3.12. The number of nitrogens with one attached hydrogen (secondary N) is 2. The van der Waals surface area contributed by atoms with E-state index in [0.29, 0.717) is 30.6 Å². The van der Waals surface area contributed by atoms with Gasteiger partial charge in [-0.3, -0.25) is 24.6 Å². The Bertz CT molecular complexity index is 938. The molecule has 0 bridgehead atoms. The van der Waals surface area contributed by atoms with E-state index in [1.165, 1.54) is 19.4 Å². The SMILES string of the molecule is CC1CN(c2ccc3c(c2)CN(C2CCC(=O)NC2=O)C3=O)CC(C)N1CC1CCNCC1.Cl. The lowest BCUT2D eigenvalue weighted by Gasteiger charge is -2.47. The van der Waals surface area contributed by atoms with Crippen LogP contribution in [-0.4, -0.2) is 78.4 Å². The highest BCUT2D eigenvalue weighted by Gasteiger charge is 2.39. The number of rotatable bonds is 4. The molecule has 3 atom stereocenters. The topological polar surface area (TPSA) is 85.0 Å². The van der Waals surface area contributed by atoms with Crippen LogP contribution in [0.3, 0.4) is 0 Å². The van der Waals surface area contributed by atoms with Gasteiger partial charge in [-0.1, -0.05) is 0 Å². The summed E-state index contributed by atoms with van der Waals surface area (Å²) in [5.74, 6) is 0.0527. The van der Waals surface area contributed by atoms with Crippen molar-refractivity contribution in [2.24, 2.45) is 5.92 Å². The zero-order valence-corrected chi connectivity index (χ0v) is 20.9. The van der Waals surface area contributed by atoms with Gasteiger partial charge in [0.05, 0.1) is 0 Å². The van der Waals surface area contributed by atoms with Gasteiger partial charge in [-0.15, -0.1) is 12.4 Å². The number of fused-ring (bicyclic) bond motifs is 1. The summed E-state index contributed by atoms with van der Waals surface area (Å²) >= 11 is 0. The quantitative estimate of drug-likeness (QED) is 0.627. The summed E-state index contributed by atoms with van der Waals surface area (Å²) in [6.07, 6.45) is 3.20. The van der Waals surface area contributed by atoms with Gasteiger partial charge in [-0.2, -0.15) is 0 Å². The number of benzene rings is 1. The third-order valence-electron chi connectivity index (χ3n) is 7.90. The number of nitrogens with zero attached hydrogens (tertiary/aromatic N) is 3. The number of amides is 3. The molecule has 3 fully saturated rings. The highest BCUT2D eigenvalue weighted by molar-refractivity contribution is 6.05. The number of halogens is 1. The Morgan fingerprint density at radius 2 is 1.71 bits per heavy atom. The van der Waals surface area contributed by atoms with Crippen LogP contribution < -0.4 is 15.5 Å². The molecular formula is C25H36ClN5O3. The normalized spacial score (nSPS) is 28.5. The van der Waals surface area contributed by atoms with Gasteiger partial charge in [0.1, 0.15) is 6.04 Å². The second kappa shape index (κ2) is 10.2. The molecule has 1 aromatic rings. The fraction of sp³-hybridized carbons (Fsp3) is 0.640. The molecule has 0 spiro atoms. The van der Waals surface area contributed by atoms with E-state index in [1.807, 2.05) is 12.1 Å². The first-order valence-electron chi connectivity index (χ1n) is 12.4. The van der Waals surface area contributed by atoms with Crippen molar-refractivity contribution in [2.45, 2.75) is 64.2 Å². The highest BCUT2D eigenvalue weighted by Crippen LogP contribution is 2.32. The lowest BCUT2D eigenvalue weighted by Crippen LogP contribution is -2.58. The standard InChI is InChI=1S/C25H35N5O3.ClH/c1-16-12-28(13-17(2)29(16)14-18-7-9-26-10-8-18)20-3-4-21-19(11-20)15-30(25(21)33)22-5-6-23(31)27-24(22)32;/h3-4,11,16-18,22,26H,5-10,12-15H2,1-2H3,(H,27,31,32);1H. The Balaban J connectivity index is 0.00000274. The molecule has 5 rings (SSSR count). The van der Waals surface area contributed by atoms with E-state index < -0.39 is 6.04 Å². The monoisotopic (exact) mass is 489 g/mol. The summed E-state index contributed by atoms with van der Waals surface area (Å²) in [5.41, 5.74) is 2.79. The molecule has 186 valence electrons. The van der Waals surface area contributed by atoms with Crippen molar-refractivity contribution in [1.29, 1.82) is 0 Å². The van der Waals surface area contributed by atoms with Crippen molar-refractivity contribution >= 4 is 35.8 Å². The van der Waals surface area contributed by atoms with Gasteiger partial charge in [0.2, 0.25) is 11.8 Å². The van der Waals surface area contributed by atoms with Crippen LogP contribution in [0.2, 0.25) is 0 Å². The van der Waals surface area contributed by atoms with Crippen LogP contribution in [0.1, 0.15) is 55.5 Å². The van der Waals surface area contributed by atoms with Crippen LogP contribution in [-0.2, 0) is 16.1 Å². The molecule has 0 aromatic heterocycles. The molecule has 9 heteroatoms. The summed E-state index contributed by atoms with van der Waals surface area (Å²) < 4.78 is 0. The van der Waals surface area contributed by atoms with E-state index >= 15 is 0 Å². The molecule has 0 saturated carbocycles. The number of piperidine rings is 2. The predicted octanol–water partition coefficient (Wildman–Crippen LogP) is 1.77. The zero-order chi connectivity index (χ0) is 23.1. The molecule has 34 heavy (non-hydrogen) atoms. The molecule has 3 amide bonds. The maximum Gasteiger partial charge on any atom is 0.255 e. The van der Waals surface area contributed by atoms with Crippen LogP contribution in [0.5, 0.6) is 0 Å². The molecule has 4 aliphatic heterocycles. The molecule has 4 aliphatic rings. The van der Waals surface area contributed by atoms with E-state index in [9.17, 15) is 14.4 Å². The van der Waals surface area contributed by atoms with Gasteiger partial charge in [-0.05, 0) is 75.9 Å². The lowest BCUT2D eigenvalue weighted by molar-refractivity contribution is -0.136. The second-order valence-corrected chi connectivity index (χ2v) is 10.2. The maximum atomic E-state index is 13.0. The summed E-state index contributed by atoms with van der Waals surface area (Å²) in [4.78, 5) is 43.5. The van der Waals surface area contributed by atoms with Crippen molar-refractivity contribution in [3.63, 3.8) is 0 Å². The van der Waals surface area contributed by atoms with Crippen molar-refractivity contribution in [3.05, 3.63) is 29.3 Å². The first-order valence-corrected chi connectivity index (χ1v) is 12.4. The number of anilines is 1. The van der Waals surface area contributed by atoms with Crippen molar-refractivity contribution in [1.82, 2.24) is 20.4 Å². The minimum Gasteiger partial charge on any atom is -0.368 e. The van der Waals surface area contributed by atoms with Gasteiger partial charge in [0.15, 0.2) is 0 Å². The minimum absolute atomic E-state index is 0. The average molecular weight is 490 g/mol. The molecule has 4 heterocycles. The molecule has 0 aliphatic carbocycles. The highest BCUT2D eigenvalue weighted by atomic mass is 35.5. The third kappa shape index (κ3) is 4.81. The van der Waals surface area contributed by atoms with E-state index in [2.05, 4.69) is 40.3 Å². The number of hydrogen-bond donors (Lipinski definition) is 2. The molecule has 0 radical (unpaired) electrons. The van der Waals surface area contributed by atoms with Crippen LogP contribution in [0.15, 0.2) is 18.2 Å². The molecule has 3 saturated heterocycles. The number of carbonyl (C=O) groups excluding carboxylic acids is 3. The minimum atomic E-state index is -0.565. The number of imide groups is 1. The van der Waals surface area contributed by atoms with Crippen molar-refractivity contribution in [3.8, 4) is 0 Å². The van der Waals surface area contributed by atoms with Gasteiger partial charge >= 0.3 is 0 Å². The van der Waals surface area contributed by atoms with Gasteiger partial charge < -0.3 is 15.1 Å². The molecule has 1 aromatic carbocycles. The zero-order valence-electron chi connectivity index (χ0n) is 20.1. The van der Waals surface area contributed by atoms with Gasteiger partial charge in [0, 0.05) is 55.9 Å². The molecule has 3 unspecified atom stereocenters. The largest absolute Gasteiger partial charge is 0.368 e. The fourth-order valence-electron chi connectivity index (χ4n) is 6.05. The number of carbonyl (C=O) groups is 3. The summed E-state index contributed by atoms with van der Waals surface area (Å²) in [6.45, 7) is 10.5. The predicted molar refractivity (Wildman–Crippen MR) is 133 cm³/mol.